The Kier molecular flexibility index (Phi) is 5.45. The van der Waals surface area contributed by atoms with Crippen molar-refractivity contribution in [1.29, 1.82) is 5.26 Å². The molecule has 0 saturated heterocycles. The predicted molar refractivity (Wildman–Crippen MR) is 95.5 cm³/mol. The highest BCUT2D eigenvalue weighted by molar-refractivity contribution is 5.90. The number of carbonyl (C=O) groups is 1. The van der Waals surface area contributed by atoms with Gasteiger partial charge in [-0.1, -0.05) is 12.1 Å². The summed E-state index contributed by atoms with van der Waals surface area (Å²) >= 11 is 0. The number of hydrogen-bond donors (Lipinski definition) is 1. The summed E-state index contributed by atoms with van der Waals surface area (Å²) in [5.74, 6) is 0.541. The smallest absolute Gasteiger partial charge is 0.224 e. The van der Waals surface area contributed by atoms with E-state index in [0.29, 0.717) is 29.5 Å². The first kappa shape index (κ1) is 17.2. The lowest BCUT2D eigenvalue weighted by Crippen LogP contribution is -2.20. The van der Waals surface area contributed by atoms with Crippen LogP contribution < -0.4 is 5.32 Å². The van der Waals surface area contributed by atoms with E-state index in [-0.39, 0.29) is 11.7 Å². The summed E-state index contributed by atoms with van der Waals surface area (Å²) in [5.41, 5.74) is 2.57. The number of benzene rings is 2. The summed E-state index contributed by atoms with van der Waals surface area (Å²) in [6.07, 6.45) is 4.62. The molecule has 0 aromatic heterocycles. The summed E-state index contributed by atoms with van der Waals surface area (Å²) in [5, 5.41) is 11.9. The molecular formula is C21H21FN2O. The molecule has 1 saturated carbocycles. The van der Waals surface area contributed by atoms with Crippen molar-refractivity contribution in [3.63, 3.8) is 0 Å². The molecule has 1 aliphatic rings. The number of anilines is 1. The summed E-state index contributed by atoms with van der Waals surface area (Å²) in [6, 6.07) is 15.9. The molecular weight excluding hydrogens is 315 g/mol. The Morgan fingerprint density at radius 1 is 1.12 bits per heavy atom. The van der Waals surface area contributed by atoms with Crippen molar-refractivity contribution < 1.29 is 9.18 Å². The van der Waals surface area contributed by atoms with Gasteiger partial charge in [0.05, 0.1) is 11.6 Å². The fourth-order valence-electron chi connectivity index (χ4n) is 3.57. The Morgan fingerprint density at radius 2 is 1.84 bits per heavy atom. The second kappa shape index (κ2) is 7.94. The van der Waals surface area contributed by atoms with Crippen LogP contribution in [0.5, 0.6) is 0 Å². The van der Waals surface area contributed by atoms with E-state index in [0.717, 1.165) is 25.7 Å². The number of nitriles is 1. The molecule has 0 radical (unpaired) electrons. The molecule has 3 nitrogen and oxygen atoms in total. The highest BCUT2D eigenvalue weighted by Gasteiger charge is 2.24. The Labute approximate surface area is 147 Å². The summed E-state index contributed by atoms with van der Waals surface area (Å²) in [7, 11) is 0. The monoisotopic (exact) mass is 336 g/mol. The van der Waals surface area contributed by atoms with E-state index in [1.165, 1.54) is 17.7 Å². The second-order valence-corrected chi connectivity index (χ2v) is 6.71. The van der Waals surface area contributed by atoms with Gasteiger partial charge in [0.1, 0.15) is 5.82 Å². The van der Waals surface area contributed by atoms with E-state index in [1.54, 1.807) is 12.1 Å². The third kappa shape index (κ3) is 4.67. The average Bonchev–Trinajstić information content (AvgIpc) is 2.64. The summed E-state index contributed by atoms with van der Waals surface area (Å²) < 4.78 is 12.9. The van der Waals surface area contributed by atoms with Gasteiger partial charge in [0, 0.05) is 12.1 Å². The number of amides is 1. The van der Waals surface area contributed by atoms with Crippen molar-refractivity contribution >= 4 is 11.6 Å². The zero-order valence-corrected chi connectivity index (χ0v) is 14.0. The Hall–Kier alpha value is -2.67. The minimum absolute atomic E-state index is 0.0125. The van der Waals surface area contributed by atoms with Crippen molar-refractivity contribution in [3.05, 3.63) is 65.5 Å². The van der Waals surface area contributed by atoms with Crippen molar-refractivity contribution in [3.8, 4) is 6.07 Å². The fourth-order valence-corrected chi connectivity index (χ4v) is 3.57. The predicted octanol–water partition coefficient (Wildman–Crippen LogP) is 5.00. The molecule has 25 heavy (non-hydrogen) atoms. The van der Waals surface area contributed by atoms with Crippen LogP contribution in [0.3, 0.4) is 0 Å². The van der Waals surface area contributed by atoms with Crippen molar-refractivity contribution in [2.75, 3.05) is 5.32 Å². The summed E-state index contributed by atoms with van der Waals surface area (Å²) in [6.45, 7) is 0. The van der Waals surface area contributed by atoms with Gasteiger partial charge in [-0.2, -0.15) is 5.26 Å². The van der Waals surface area contributed by atoms with Gasteiger partial charge < -0.3 is 5.32 Å². The minimum atomic E-state index is -0.309. The van der Waals surface area contributed by atoms with Gasteiger partial charge in [0.2, 0.25) is 5.91 Å². The van der Waals surface area contributed by atoms with E-state index in [2.05, 4.69) is 17.5 Å². The highest BCUT2D eigenvalue weighted by atomic mass is 19.1. The van der Waals surface area contributed by atoms with E-state index in [1.807, 2.05) is 18.2 Å². The van der Waals surface area contributed by atoms with Crippen LogP contribution >= 0.6 is 0 Å². The third-order valence-corrected chi connectivity index (χ3v) is 4.94. The van der Waals surface area contributed by atoms with Gasteiger partial charge >= 0.3 is 0 Å². The number of nitrogens with one attached hydrogen (secondary N) is 1. The molecule has 1 amide bonds. The van der Waals surface area contributed by atoms with Gasteiger partial charge in [-0.15, -0.1) is 0 Å². The highest BCUT2D eigenvalue weighted by Crippen LogP contribution is 2.37. The van der Waals surface area contributed by atoms with Crippen molar-refractivity contribution in [2.45, 2.75) is 38.0 Å². The molecule has 4 heteroatoms. The molecule has 0 spiro atoms. The number of nitrogens with zero attached hydrogens (tertiary/aromatic N) is 1. The maximum absolute atomic E-state index is 12.9. The molecule has 0 unspecified atom stereocenters. The molecule has 3 rings (SSSR count). The van der Waals surface area contributed by atoms with E-state index >= 15 is 0 Å². The van der Waals surface area contributed by atoms with Crippen LogP contribution in [0.4, 0.5) is 10.1 Å². The lowest BCUT2D eigenvalue weighted by molar-refractivity contribution is -0.117. The molecule has 1 aliphatic carbocycles. The molecule has 2 aromatic carbocycles. The van der Waals surface area contributed by atoms with Crippen LogP contribution in [0.1, 0.15) is 49.1 Å². The summed E-state index contributed by atoms with van der Waals surface area (Å²) in [4.78, 5) is 12.2. The first-order valence-electron chi connectivity index (χ1n) is 8.69. The number of rotatable bonds is 4. The largest absolute Gasteiger partial charge is 0.326 e. The van der Waals surface area contributed by atoms with Crippen molar-refractivity contribution in [2.24, 2.45) is 5.92 Å². The van der Waals surface area contributed by atoms with Crippen LogP contribution in [-0.2, 0) is 4.79 Å². The average molecular weight is 336 g/mol. The lowest BCUT2D eigenvalue weighted by atomic mass is 9.77. The minimum Gasteiger partial charge on any atom is -0.326 e. The second-order valence-electron chi connectivity index (χ2n) is 6.71. The van der Waals surface area contributed by atoms with Gasteiger partial charge in [0.15, 0.2) is 0 Å². The van der Waals surface area contributed by atoms with E-state index in [4.69, 9.17) is 5.26 Å². The zero-order valence-electron chi connectivity index (χ0n) is 14.0. The zero-order chi connectivity index (χ0) is 17.6. The number of carbonyl (C=O) groups excluding carboxylic acids is 1. The SMILES string of the molecule is N#Cc1cccc(C2CCC(CC(=O)Nc3ccc(F)cc3)CC2)c1. The fraction of sp³-hybridized carbons (Fsp3) is 0.333. The van der Waals surface area contributed by atoms with Crippen LogP contribution in [0.25, 0.3) is 0 Å². The van der Waals surface area contributed by atoms with E-state index < -0.39 is 0 Å². The van der Waals surface area contributed by atoms with Gasteiger partial charge in [-0.3, -0.25) is 4.79 Å². The molecule has 1 N–H and O–H groups in total. The van der Waals surface area contributed by atoms with E-state index in [9.17, 15) is 9.18 Å². The van der Waals surface area contributed by atoms with Crippen LogP contribution in [0, 0.1) is 23.1 Å². The lowest BCUT2D eigenvalue weighted by Gasteiger charge is -2.28. The Balaban J connectivity index is 1.49. The van der Waals surface area contributed by atoms with Crippen LogP contribution in [-0.4, -0.2) is 5.91 Å². The Bertz CT molecular complexity index is 771. The van der Waals surface area contributed by atoms with Crippen molar-refractivity contribution in [1.82, 2.24) is 0 Å². The van der Waals surface area contributed by atoms with Crippen LogP contribution in [0.15, 0.2) is 48.5 Å². The topological polar surface area (TPSA) is 52.9 Å². The molecule has 128 valence electrons. The maximum Gasteiger partial charge on any atom is 0.224 e. The van der Waals surface area contributed by atoms with Gasteiger partial charge in [-0.25, -0.2) is 4.39 Å². The quantitative estimate of drug-likeness (QED) is 0.854. The molecule has 0 bridgehead atoms. The number of hydrogen-bond acceptors (Lipinski definition) is 2. The molecule has 1 fully saturated rings. The molecule has 0 heterocycles. The van der Waals surface area contributed by atoms with Gasteiger partial charge in [0.25, 0.3) is 0 Å². The normalized spacial score (nSPS) is 19.8. The van der Waals surface area contributed by atoms with Gasteiger partial charge in [-0.05, 0) is 79.5 Å². The third-order valence-electron chi connectivity index (χ3n) is 4.94. The standard InChI is InChI=1S/C21H21FN2O/c22-19-8-10-20(11-9-19)24-21(25)13-15-4-6-17(7-5-15)18-3-1-2-16(12-18)14-23/h1-3,8-12,15,17H,4-7,13H2,(H,24,25). The molecule has 0 atom stereocenters. The van der Waals surface area contributed by atoms with Crippen LogP contribution in [0.2, 0.25) is 0 Å². The molecule has 0 aliphatic heterocycles. The first-order valence-corrected chi connectivity index (χ1v) is 8.69. The molecule has 2 aromatic rings. The number of halogens is 1. The Morgan fingerprint density at radius 3 is 2.52 bits per heavy atom. The maximum atomic E-state index is 12.9. The first-order chi connectivity index (χ1) is 12.1.